The summed E-state index contributed by atoms with van der Waals surface area (Å²) in [5, 5.41) is 3.44. The number of piperazine rings is 1. The van der Waals surface area contributed by atoms with Crippen LogP contribution in [0.1, 0.15) is 39.0 Å². The summed E-state index contributed by atoms with van der Waals surface area (Å²) in [7, 11) is 1.71. The molecule has 2 aliphatic rings. The van der Waals surface area contributed by atoms with Crippen molar-refractivity contribution in [3.63, 3.8) is 0 Å². The molecule has 1 aromatic rings. The molecule has 7 nitrogen and oxygen atoms in total. The maximum atomic E-state index is 12.1. The van der Waals surface area contributed by atoms with Gasteiger partial charge in [-0.25, -0.2) is 0 Å². The number of aliphatic imine (C=N–C) groups is 1. The zero-order valence-electron chi connectivity index (χ0n) is 18.6. The number of hydrogen-bond acceptors (Lipinski definition) is 4. The van der Waals surface area contributed by atoms with E-state index in [-0.39, 0.29) is 0 Å². The number of methoxy groups -OCH3 is 1. The van der Waals surface area contributed by atoms with Gasteiger partial charge in [-0.2, -0.15) is 0 Å². The molecule has 30 heavy (non-hydrogen) atoms. The third-order valence-corrected chi connectivity index (χ3v) is 5.85. The van der Waals surface area contributed by atoms with Crippen molar-refractivity contribution < 1.29 is 9.53 Å². The third kappa shape index (κ3) is 6.28. The van der Waals surface area contributed by atoms with Crippen LogP contribution in [0, 0.1) is 0 Å². The lowest BCUT2D eigenvalue weighted by Crippen LogP contribution is -2.52. The highest BCUT2D eigenvalue weighted by Crippen LogP contribution is 2.22. The molecule has 2 fully saturated rings. The highest BCUT2D eigenvalue weighted by atomic mass is 16.5. The van der Waals surface area contributed by atoms with Gasteiger partial charge in [0.25, 0.3) is 0 Å². The van der Waals surface area contributed by atoms with Crippen molar-refractivity contribution >= 4 is 17.6 Å². The summed E-state index contributed by atoms with van der Waals surface area (Å²) in [6.07, 6.45) is 4.98. The van der Waals surface area contributed by atoms with E-state index in [1.54, 1.807) is 7.11 Å². The highest BCUT2D eigenvalue weighted by Gasteiger charge is 2.20. The van der Waals surface area contributed by atoms with E-state index in [1.807, 2.05) is 17.0 Å². The van der Waals surface area contributed by atoms with Crippen LogP contribution in [-0.4, -0.2) is 81.1 Å². The molecule has 0 bridgehead atoms. The predicted molar refractivity (Wildman–Crippen MR) is 122 cm³/mol. The number of amides is 1. The largest absolute Gasteiger partial charge is 0.497 e. The number of nitrogens with zero attached hydrogens (tertiary/aromatic N) is 4. The van der Waals surface area contributed by atoms with Crippen LogP contribution in [0.4, 0.5) is 5.69 Å². The summed E-state index contributed by atoms with van der Waals surface area (Å²) in [6.45, 7) is 9.25. The van der Waals surface area contributed by atoms with Gasteiger partial charge in [-0.1, -0.05) is 12.5 Å². The molecule has 166 valence electrons. The lowest BCUT2D eigenvalue weighted by molar-refractivity contribution is -0.130. The molecule has 0 spiro atoms. The van der Waals surface area contributed by atoms with Crippen molar-refractivity contribution in [3.05, 3.63) is 24.3 Å². The van der Waals surface area contributed by atoms with Crippen LogP contribution in [0.25, 0.3) is 0 Å². The third-order valence-electron chi connectivity index (χ3n) is 5.85. The average molecular weight is 416 g/mol. The molecule has 1 aromatic carbocycles. The molecule has 2 heterocycles. The van der Waals surface area contributed by atoms with Crippen molar-refractivity contribution in [2.45, 2.75) is 39.0 Å². The van der Waals surface area contributed by atoms with Crippen molar-refractivity contribution in [1.29, 1.82) is 0 Å². The van der Waals surface area contributed by atoms with Crippen molar-refractivity contribution in [1.82, 2.24) is 15.1 Å². The molecule has 3 rings (SSSR count). The van der Waals surface area contributed by atoms with Crippen molar-refractivity contribution in [2.24, 2.45) is 4.99 Å². The predicted octanol–water partition coefficient (Wildman–Crippen LogP) is 2.58. The summed E-state index contributed by atoms with van der Waals surface area (Å²) < 4.78 is 5.36. The number of rotatable bonds is 7. The Morgan fingerprint density at radius 3 is 2.73 bits per heavy atom. The van der Waals surface area contributed by atoms with Crippen LogP contribution in [0.3, 0.4) is 0 Å². The smallest absolute Gasteiger partial charge is 0.222 e. The molecular formula is C23H37N5O2. The number of hydrogen-bond donors (Lipinski definition) is 1. The number of guanidine groups is 1. The minimum atomic E-state index is 0.317. The van der Waals surface area contributed by atoms with Gasteiger partial charge in [0, 0.05) is 70.5 Å². The Labute approximate surface area is 181 Å². The van der Waals surface area contributed by atoms with Crippen LogP contribution < -0.4 is 15.0 Å². The Hall–Kier alpha value is -2.44. The second-order valence-corrected chi connectivity index (χ2v) is 7.96. The Balaban J connectivity index is 1.49. The molecule has 0 saturated carbocycles. The molecule has 0 unspecified atom stereocenters. The fourth-order valence-electron chi connectivity index (χ4n) is 4.13. The monoisotopic (exact) mass is 415 g/mol. The average Bonchev–Trinajstić information content (AvgIpc) is 3.00. The normalized spacial score (nSPS) is 18.4. The number of carbonyl (C=O) groups is 1. The number of likely N-dealkylation sites (tertiary alicyclic amines) is 1. The Morgan fingerprint density at radius 1 is 1.13 bits per heavy atom. The van der Waals surface area contributed by atoms with Crippen LogP contribution in [0.5, 0.6) is 5.75 Å². The zero-order chi connectivity index (χ0) is 21.2. The Morgan fingerprint density at radius 2 is 1.97 bits per heavy atom. The first-order valence-corrected chi connectivity index (χ1v) is 11.4. The topological polar surface area (TPSA) is 60.4 Å². The number of benzene rings is 1. The van der Waals surface area contributed by atoms with Gasteiger partial charge < -0.3 is 24.8 Å². The van der Waals surface area contributed by atoms with Crippen molar-refractivity contribution in [2.75, 3.05) is 64.4 Å². The first kappa shape index (κ1) is 22.2. The molecule has 1 N–H and O–H groups in total. The SMILES string of the molecule is CCNC(=NCCCN1CCCCCC1=O)N1CCN(c2cccc(OC)c2)CC1. The minimum Gasteiger partial charge on any atom is -0.497 e. The maximum Gasteiger partial charge on any atom is 0.222 e. The summed E-state index contributed by atoms with van der Waals surface area (Å²) in [4.78, 5) is 23.8. The lowest BCUT2D eigenvalue weighted by atomic mass is 10.2. The van der Waals surface area contributed by atoms with Crippen molar-refractivity contribution in [3.8, 4) is 5.75 Å². The molecule has 7 heteroatoms. The van der Waals surface area contributed by atoms with E-state index in [0.29, 0.717) is 12.3 Å². The highest BCUT2D eigenvalue weighted by molar-refractivity contribution is 5.80. The standard InChI is InChI=1S/C23H37N5O2/c1-3-24-23(25-12-8-14-27-13-6-4-5-11-22(27)29)28-17-15-26(16-18-28)20-9-7-10-21(19-20)30-2/h7,9-10,19H,3-6,8,11-18H2,1-2H3,(H,24,25). The second kappa shape index (κ2) is 11.7. The van der Waals surface area contributed by atoms with Gasteiger partial charge >= 0.3 is 0 Å². The number of carbonyl (C=O) groups excluding carboxylic acids is 1. The van der Waals surface area contributed by atoms with E-state index in [4.69, 9.17) is 9.73 Å². The Bertz CT molecular complexity index is 701. The lowest BCUT2D eigenvalue weighted by Gasteiger charge is -2.37. The van der Waals surface area contributed by atoms with Crippen LogP contribution in [0.15, 0.2) is 29.3 Å². The molecule has 0 atom stereocenters. The van der Waals surface area contributed by atoms with Gasteiger partial charge in [0.1, 0.15) is 5.75 Å². The number of anilines is 1. The maximum absolute atomic E-state index is 12.1. The van der Waals surface area contributed by atoms with Crippen LogP contribution in [0.2, 0.25) is 0 Å². The van der Waals surface area contributed by atoms with E-state index in [1.165, 1.54) is 12.1 Å². The second-order valence-electron chi connectivity index (χ2n) is 7.96. The quantitative estimate of drug-likeness (QED) is 0.421. The molecule has 0 radical (unpaired) electrons. The zero-order valence-corrected chi connectivity index (χ0v) is 18.6. The summed E-state index contributed by atoms with van der Waals surface area (Å²) in [5.74, 6) is 2.20. The first-order chi connectivity index (χ1) is 14.7. The number of nitrogens with one attached hydrogen (secondary N) is 1. The van der Waals surface area contributed by atoms with Gasteiger partial charge in [0.05, 0.1) is 7.11 Å². The van der Waals surface area contributed by atoms with Crippen LogP contribution >= 0.6 is 0 Å². The fraction of sp³-hybridized carbons (Fsp3) is 0.652. The fourth-order valence-corrected chi connectivity index (χ4v) is 4.13. The van der Waals surface area contributed by atoms with E-state index in [2.05, 4.69) is 34.2 Å². The van der Waals surface area contributed by atoms with E-state index in [9.17, 15) is 4.79 Å². The van der Waals surface area contributed by atoms with Crippen LogP contribution in [-0.2, 0) is 4.79 Å². The number of ether oxygens (including phenoxy) is 1. The molecule has 1 amide bonds. The van der Waals surface area contributed by atoms with Gasteiger partial charge in [0.15, 0.2) is 5.96 Å². The first-order valence-electron chi connectivity index (χ1n) is 11.4. The van der Waals surface area contributed by atoms with Gasteiger partial charge in [-0.15, -0.1) is 0 Å². The molecule has 0 aliphatic carbocycles. The molecule has 0 aromatic heterocycles. The summed E-state index contributed by atoms with van der Waals surface area (Å²) in [5.41, 5.74) is 1.21. The summed E-state index contributed by atoms with van der Waals surface area (Å²) in [6, 6.07) is 8.26. The minimum absolute atomic E-state index is 0.317. The van der Waals surface area contributed by atoms with Gasteiger partial charge in [-0.05, 0) is 38.3 Å². The van der Waals surface area contributed by atoms with Gasteiger partial charge in [-0.3, -0.25) is 9.79 Å². The van der Waals surface area contributed by atoms with Gasteiger partial charge in [0.2, 0.25) is 5.91 Å². The molecule has 2 saturated heterocycles. The van der Waals surface area contributed by atoms with E-state index >= 15 is 0 Å². The molecule has 2 aliphatic heterocycles. The van der Waals surface area contributed by atoms with E-state index < -0.39 is 0 Å². The molecular weight excluding hydrogens is 378 g/mol. The summed E-state index contributed by atoms with van der Waals surface area (Å²) >= 11 is 0. The Kier molecular flexibility index (Phi) is 8.66. The van der Waals surface area contributed by atoms with E-state index in [0.717, 1.165) is 83.3 Å².